The van der Waals surface area contributed by atoms with Crippen molar-refractivity contribution in [2.75, 3.05) is 13.1 Å². The summed E-state index contributed by atoms with van der Waals surface area (Å²) in [7, 11) is -3.56. The van der Waals surface area contributed by atoms with Crippen LogP contribution in [0.1, 0.15) is 12.0 Å². The first-order valence-corrected chi connectivity index (χ1v) is 7.83. The van der Waals surface area contributed by atoms with E-state index in [0.29, 0.717) is 22.2 Å². The SMILES string of the molecule is Cc1c(Cl)cc(S(=O)(=O)NC2CCNC2)cc1Cl.Cl. The van der Waals surface area contributed by atoms with Crippen LogP contribution in [-0.2, 0) is 10.0 Å². The second kappa shape index (κ2) is 6.61. The summed E-state index contributed by atoms with van der Waals surface area (Å²) in [6.07, 6.45) is 0.784. The summed E-state index contributed by atoms with van der Waals surface area (Å²) in [6.45, 7) is 3.21. The number of halogens is 3. The molecular weight excluding hydrogens is 331 g/mol. The van der Waals surface area contributed by atoms with Crippen molar-refractivity contribution >= 4 is 45.6 Å². The van der Waals surface area contributed by atoms with Crippen LogP contribution < -0.4 is 10.0 Å². The highest BCUT2D eigenvalue weighted by Gasteiger charge is 2.23. The molecule has 0 aromatic heterocycles. The number of benzene rings is 1. The van der Waals surface area contributed by atoms with E-state index < -0.39 is 10.0 Å². The summed E-state index contributed by atoms with van der Waals surface area (Å²) in [5.41, 5.74) is 0.680. The predicted molar refractivity (Wildman–Crippen MR) is 80.0 cm³/mol. The Labute approximate surface area is 129 Å². The van der Waals surface area contributed by atoms with Gasteiger partial charge in [0, 0.05) is 22.6 Å². The maximum atomic E-state index is 12.1. The van der Waals surface area contributed by atoms with Gasteiger partial charge in [0.15, 0.2) is 0 Å². The molecule has 8 heteroatoms. The van der Waals surface area contributed by atoms with E-state index in [1.165, 1.54) is 12.1 Å². The second-order valence-corrected chi connectivity index (χ2v) is 6.85. The average Bonchev–Trinajstić information content (AvgIpc) is 2.77. The third kappa shape index (κ3) is 3.97. The van der Waals surface area contributed by atoms with Crippen LogP contribution in [0.3, 0.4) is 0 Å². The van der Waals surface area contributed by atoms with Gasteiger partial charge in [-0.2, -0.15) is 0 Å². The Morgan fingerprint density at radius 1 is 1.32 bits per heavy atom. The third-order valence-electron chi connectivity index (χ3n) is 2.95. The first-order chi connectivity index (χ1) is 8.40. The lowest BCUT2D eigenvalue weighted by Gasteiger charge is -2.13. The minimum atomic E-state index is -3.56. The molecule has 1 saturated heterocycles. The van der Waals surface area contributed by atoms with Crippen LogP contribution in [-0.4, -0.2) is 27.5 Å². The van der Waals surface area contributed by atoms with Crippen LogP contribution >= 0.6 is 35.6 Å². The minimum Gasteiger partial charge on any atom is -0.315 e. The molecule has 0 radical (unpaired) electrons. The van der Waals surface area contributed by atoms with Crippen LogP contribution in [0.15, 0.2) is 17.0 Å². The smallest absolute Gasteiger partial charge is 0.240 e. The van der Waals surface area contributed by atoms with E-state index in [9.17, 15) is 8.42 Å². The van der Waals surface area contributed by atoms with Crippen LogP contribution in [0.25, 0.3) is 0 Å². The topological polar surface area (TPSA) is 58.2 Å². The highest BCUT2D eigenvalue weighted by Crippen LogP contribution is 2.27. The van der Waals surface area contributed by atoms with Crippen molar-refractivity contribution in [3.05, 3.63) is 27.7 Å². The average molecular weight is 346 g/mol. The lowest BCUT2D eigenvalue weighted by Crippen LogP contribution is -2.36. The van der Waals surface area contributed by atoms with E-state index in [-0.39, 0.29) is 23.3 Å². The molecule has 4 nitrogen and oxygen atoms in total. The van der Waals surface area contributed by atoms with Gasteiger partial charge in [-0.3, -0.25) is 0 Å². The molecule has 1 fully saturated rings. The lowest BCUT2D eigenvalue weighted by molar-refractivity contribution is 0.560. The molecule has 1 aromatic carbocycles. The van der Waals surface area contributed by atoms with Gasteiger partial charge in [-0.25, -0.2) is 13.1 Å². The maximum Gasteiger partial charge on any atom is 0.240 e. The zero-order valence-corrected chi connectivity index (χ0v) is 13.4. The summed E-state index contributed by atoms with van der Waals surface area (Å²) in [4.78, 5) is 0.106. The molecule has 2 N–H and O–H groups in total. The largest absolute Gasteiger partial charge is 0.315 e. The van der Waals surface area contributed by atoms with Gasteiger partial charge in [0.05, 0.1) is 4.90 Å². The summed E-state index contributed by atoms with van der Waals surface area (Å²) >= 11 is 11.9. The molecule has 0 aliphatic carbocycles. The highest BCUT2D eigenvalue weighted by molar-refractivity contribution is 7.89. The molecule has 19 heavy (non-hydrogen) atoms. The van der Waals surface area contributed by atoms with Crippen LogP contribution in [0.2, 0.25) is 10.0 Å². The fourth-order valence-corrected chi connectivity index (χ4v) is 3.76. The van der Waals surface area contributed by atoms with Crippen molar-refractivity contribution in [3.63, 3.8) is 0 Å². The standard InChI is InChI=1S/C11H14Cl2N2O2S.ClH/c1-7-10(12)4-9(5-11(7)13)18(16,17)15-8-2-3-14-6-8;/h4-5,8,14-15H,2-3,6H2,1H3;1H. The molecule has 1 heterocycles. The van der Waals surface area contributed by atoms with Gasteiger partial charge in [0.1, 0.15) is 0 Å². The summed E-state index contributed by atoms with van der Waals surface area (Å²) < 4.78 is 26.9. The summed E-state index contributed by atoms with van der Waals surface area (Å²) in [5, 5.41) is 3.81. The normalized spacial score (nSPS) is 19.2. The number of hydrogen-bond acceptors (Lipinski definition) is 3. The van der Waals surface area contributed by atoms with Crippen LogP contribution in [0.5, 0.6) is 0 Å². The molecule has 108 valence electrons. The minimum absolute atomic E-state index is 0. The highest BCUT2D eigenvalue weighted by atomic mass is 35.5. The van der Waals surface area contributed by atoms with Crippen molar-refractivity contribution in [2.45, 2.75) is 24.3 Å². The monoisotopic (exact) mass is 344 g/mol. The Morgan fingerprint density at radius 2 is 1.89 bits per heavy atom. The number of sulfonamides is 1. The Bertz CT molecular complexity index is 534. The van der Waals surface area contributed by atoms with Crippen molar-refractivity contribution in [2.24, 2.45) is 0 Å². The van der Waals surface area contributed by atoms with E-state index in [1.54, 1.807) is 6.92 Å². The molecular formula is C11H15Cl3N2O2S. The molecule has 1 unspecified atom stereocenters. The molecule has 1 aromatic rings. The van der Waals surface area contributed by atoms with E-state index >= 15 is 0 Å². The third-order valence-corrected chi connectivity index (χ3v) is 5.23. The van der Waals surface area contributed by atoms with Crippen molar-refractivity contribution < 1.29 is 8.42 Å². The number of rotatable bonds is 3. The van der Waals surface area contributed by atoms with Gasteiger partial charge >= 0.3 is 0 Å². The van der Waals surface area contributed by atoms with Gasteiger partial charge in [-0.15, -0.1) is 12.4 Å². The quantitative estimate of drug-likeness (QED) is 0.884. The van der Waals surface area contributed by atoms with Crippen molar-refractivity contribution in [3.8, 4) is 0 Å². The predicted octanol–water partition coefficient (Wildman–Crippen LogP) is 2.36. The molecule has 0 spiro atoms. The van der Waals surface area contributed by atoms with E-state index in [0.717, 1.165) is 13.0 Å². The zero-order valence-electron chi connectivity index (χ0n) is 10.2. The summed E-state index contributed by atoms with van der Waals surface area (Å²) in [6, 6.07) is 2.77. The van der Waals surface area contributed by atoms with E-state index in [4.69, 9.17) is 23.2 Å². The van der Waals surface area contributed by atoms with E-state index in [1.807, 2.05) is 0 Å². The summed E-state index contributed by atoms with van der Waals surface area (Å²) in [5.74, 6) is 0. The molecule has 0 bridgehead atoms. The lowest BCUT2D eigenvalue weighted by atomic mass is 10.2. The first kappa shape index (κ1) is 17.0. The van der Waals surface area contributed by atoms with Crippen molar-refractivity contribution in [1.29, 1.82) is 0 Å². The van der Waals surface area contributed by atoms with Crippen LogP contribution in [0.4, 0.5) is 0 Å². The molecule has 2 rings (SSSR count). The fourth-order valence-electron chi connectivity index (χ4n) is 1.82. The first-order valence-electron chi connectivity index (χ1n) is 5.59. The van der Waals surface area contributed by atoms with Gasteiger partial charge in [-0.05, 0) is 37.6 Å². The Balaban J connectivity index is 0.00000180. The molecule has 1 atom stereocenters. The van der Waals surface area contributed by atoms with Crippen LogP contribution in [0, 0.1) is 6.92 Å². The van der Waals surface area contributed by atoms with E-state index in [2.05, 4.69) is 10.0 Å². The second-order valence-electron chi connectivity index (χ2n) is 4.32. The van der Waals surface area contributed by atoms with Gasteiger partial charge in [0.25, 0.3) is 0 Å². The number of nitrogens with one attached hydrogen (secondary N) is 2. The fraction of sp³-hybridized carbons (Fsp3) is 0.455. The molecule has 0 saturated carbocycles. The number of hydrogen-bond donors (Lipinski definition) is 2. The molecule has 1 aliphatic heterocycles. The Hall–Kier alpha value is -0.0400. The Kier molecular flexibility index (Phi) is 5.92. The van der Waals surface area contributed by atoms with Crippen molar-refractivity contribution in [1.82, 2.24) is 10.0 Å². The Morgan fingerprint density at radius 3 is 2.37 bits per heavy atom. The maximum absolute atomic E-state index is 12.1. The van der Waals surface area contributed by atoms with Gasteiger partial charge in [-0.1, -0.05) is 23.2 Å². The van der Waals surface area contributed by atoms with Gasteiger partial charge < -0.3 is 5.32 Å². The zero-order chi connectivity index (χ0) is 13.3. The van der Waals surface area contributed by atoms with Gasteiger partial charge in [0.2, 0.25) is 10.0 Å². The molecule has 0 amide bonds. The molecule has 1 aliphatic rings.